The molecule has 0 radical (unpaired) electrons. The highest BCUT2D eigenvalue weighted by atomic mass is 32.2. The maximum atomic E-state index is 6.28. The molecule has 4 atom stereocenters. The van der Waals surface area contributed by atoms with Crippen LogP contribution in [-0.4, -0.2) is 29.2 Å². The molecule has 0 bridgehead atoms. The van der Waals surface area contributed by atoms with Crippen LogP contribution in [0.4, 0.5) is 0 Å². The molecule has 3 fully saturated rings. The zero-order valence-corrected chi connectivity index (χ0v) is 16.8. The predicted molar refractivity (Wildman–Crippen MR) is 108 cm³/mol. The van der Waals surface area contributed by atoms with Crippen LogP contribution in [-0.2, 0) is 9.47 Å². The van der Waals surface area contributed by atoms with E-state index in [4.69, 9.17) is 14.5 Å². The highest BCUT2D eigenvalue weighted by Gasteiger charge is 2.65. The molecule has 1 aromatic heterocycles. The number of aromatic nitrogens is 1. The zero-order chi connectivity index (χ0) is 17.8. The average Bonchev–Trinajstić information content (AvgIpc) is 3.35. The van der Waals surface area contributed by atoms with E-state index in [1.54, 1.807) is 0 Å². The largest absolute Gasteiger partial charge is 0.347 e. The number of para-hydroxylation sites is 1. The van der Waals surface area contributed by atoms with Crippen molar-refractivity contribution in [2.45, 2.75) is 48.0 Å². The number of allylic oxidation sites excluding steroid dienone is 1. The Morgan fingerprint density at radius 2 is 2.04 bits per heavy atom. The Balaban J connectivity index is 1.47. The number of fused-ring (bicyclic) bond motifs is 3. The van der Waals surface area contributed by atoms with Gasteiger partial charge in [-0.15, -0.1) is 17.9 Å². The molecule has 5 rings (SSSR count). The molecule has 26 heavy (non-hydrogen) atoms. The fraction of sp³-hybridized carbons (Fsp3) is 0.571. The fourth-order valence-electron chi connectivity index (χ4n) is 5.62. The molecule has 2 aromatic rings. The Bertz CT molecular complexity index is 795. The SMILES string of the molecule is C=C[C@H]1CC[C@H]2[C@H](Sc3nc4ccccc4s3)CCC3(OCCO3)[C@]12C. The van der Waals surface area contributed by atoms with Gasteiger partial charge in [-0.2, -0.15) is 0 Å². The first-order valence-electron chi connectivity index (χ1n) is 9.59. The molecule has 2 aliphatic carbocycles. The Kier molecular flexibility index (Phi) is 4.20. The Morgan fingerprint density at radius 1 is 1.23 bits per heavy atom. The van der Waals surface area contributed by atoms with Crippen molar-refractivity contribution in [3.8, 4) is 0 Å². The van der Waals surface area contributed by atoms with Crippen LogP contribution in [0.1, 0.15) is 32.6 Å². The minimum Gasteiger partial charge on any atom is -0.347 e. The molecular formula is C21H25NO2S2. The van der Waals surface area contributed by atoms with Crippen molar-refractivity contribution in [1.82, 2.24) is 4.98 Å². The lowest BCUT2D eigenvalue weighted by Gasteiger charge is -2.54. The molecule has 1 aromatic carbocycles. The highest BCUT2D eigenvalue weighted by molar-refractivity contribution is 8.01. The molecule has 0 amide bonds. The topological polar surface area (TPSA) is 31.4 Å². The van der Waals surface area contributed by atoms with Gasteiger partial charge in [-0.25, -0.2) is 4.98 Å². The minimum atomic E-state index is -0.405. The van der Waals surface area contributed by atoms with Crippen LogP contribution in [0.2, 0.25) is 0 Å². The average molecular weight is 388 g/mol. The molecule has 2 saturated carbocycles. The summed E-state index contributed by atoms with van der Waals surface area (Å²) < 4.78 is 15.0. The van der Waals surface area contributed by atoms with E-state index >= 15 is 0 Å². The standard InChI is InChI=1S/C21H25NO2S2/c1-3-14-8-9-15-17(10-11-21(20(14,15)2)23-12-13-24-21)25-19-22-16-6-4-5-7-18(16)26-19/h3-7,14-15,17H,1,8-13H2,2H3/t14-,15-,17+,20+/m0/s1. The summed E-state index contributed by atoms with van der Waals surface area (Å²) in [4.78, 5) is 4.87. The van der Waals surface area contributed by atoms with Gasteiger partial charge in [0.25, 0.3) is 0 Å². The van der Waals surface area contributed by atoms with Gasteiger partial charge < -0.3 is 9.47 Å². The van der Waals surface area contributed by atoms with Gasteiger partial charge in [0.1, 0.15) is 0 Å². The summed E-state index contributed by atoms with van der Waals surface area (Å²) in [5.41, 5.74) is 1.13. The summed E-state index contributed by atoms with van der Waals surface area (Å²) in [6, 6.07) is 8.44. The number of benzene rings is 1. The van der Waals surface area contributed by atoms with Crippen molar-refractivity contribution in [2.75, 3.05) is 13.2 Å². The van der Waals surface area contributed by atoms with Crippen molar-refractivity contribution in [3.63, 3.8) is 0 Å². The number of thiazole rings is 1. The van der Waals surface area contributed by atoms with E-state index < -0.39 is 5.79 Å². The number of thioether (sulfide) groups is 1. The summed E-state index contributed by atoms with van der Waals surface area (Å²) in [5.74, 6) is 0.635. The van der Waals surface area contributed by atoms with Crippen molar-refractivity contribution < 1.29 is 9.47 Å². The van der Waals surface area contributed by atoms with Crippen molar-refractivity contribution in [3.05, 3.63) is 36.9 Å². The molecule has 0 N–H and O–H groups in total. The van der Waals surface area contributed by atoms with Crippen LogP contribution < -0.4 is 0 Å². The quantitative estimate of drug-likeness (QED) is 0.650. The maximum Gasteiger partial charge on any atom is 0.174 e. The lowest BCUT2D eigenvalue weighted by molar-refractivity contribution is -0.268. The lowest BCUT2D eigenvalue weighted by atomic mass is 9.61. The van der Waals surface area contributed by atoms with E-state index in [9.17, 15) is 0 Å². The fourth-order valence-corrected chi connectivity index (χ4v) is 8.38. The van der Waals surface area contributed by atoms with E-state index in [-0.39, 0.29) is 5.41 Å². The van der Waals surface area contributed by atoms with E-state index in [0.29, 0.717) is 17.1 Å². The maximum absolute atomic E-state index is 6.28. The second kappa shape index (κ2) is 6.33. The third-order valence-corrected chi connectivity index (χ3v) is 9.45. The highest BCUT2D eigenvalue weighted by Crippen LogP contribution is 2.65. The molecule has 3 nitrogen and oxygen atoms in total. The number of hydrogen-bond donors (Lipinski definition) is 0. The van der Waals surface area contributed by atoms with Crippen LogP contribution in [0.25, 0.3) is 10.2 Å². The number of ether oxygens (including phenoxy) is 2. The third kappa shape index (κ3) is 2.37. The van der Waals surface area contributed by atoms with Crippen LogP contribution in [0, 0.1) is 17.3 Å². The van der Waals surface area contributed by atoms with Crippen LogP contribution >= 0.6 is 23.1 Å². The summed E-state index contributed by atoms with van der Waals surface area (Å²) in [7, 11) is 0. The van der Waals surface area contributed by atoms with Crippen molar-refractivity contribution >= 4 is 33.3 Å². The van der Waals surface area contributed by atoms with Gasteiger partial charge in [-0.1, -0.05) is 36.9 Å². The monoisotopic (exact) mass is 387 g/mol. The first-order chi connectivity index (χ1) is 12.7. The van der Waals surface area contributed by atoms with E-state index in [0.717, 1.165) is 31.6 Å². The number of hydrogen-bond acceptors (Lipinski definition) is 5. The van der Waals surface area contributed by atoms with Gasteiger partial charge in [0.15, 0.2) is 10.1 Å². The molecule has 138 valence electrons. The van der Waals surface area contributed by atoms with Crippen LogP contribution in [0.3, 0.4) is 0 Å². The van der Waals surface area contributed by atoms with Crippen LogP contribution in [0.15, 0.2) is 41.3 Å². The normalized spacial score (nSPS) is 35.8. The van der Waals surface area contributed by atoms with Crippen molar-refractivity contribution in [1.29, 1.82) is 0 Å². The van der Waals surface area contributed by atoms with Gasteiger partial charge in [-0.05, 0) is 43.2 Å². The summed E-state index contributed by atoms with van der Waals surface area (Å²) in [6.07, 6.45) is 6.68. The first kappa shape index (κ1) is 17.2. The lowest BCUT2D eigenvalue weighted by Crippen LogP contribution is -2.58. The first-order valence-corrected chi connectivity index (χ1v) is 11.3. The summed E-state index contributed by atoms with van der Waals surface area (Å²) in [5, 5.41) is 0.573. The van der Waals surface area contributed by atoms with Crippen LogP contribution in [0.5, 0.6) is 0 Å². The van der Waals surface area contributed by atoms with Gasteiger partial charge in [0.05, 0.1) is 23.4 Å². The van der Waals surface area contributed by atoms with Gasteiger partial charge >= 0.3 is 0 Å². The van der Waals surface area contributed by atoms with Gasteiger partial charge in [0, 0.05) is 17.1 Å². The molecule has 2 heterocycles. The second-order valence-corrected chi connectivity index (χ2v) is 10.4. The Morgan fingerprint density at radius 3 is 2.81 bits per heavy atom. The number of rotatable bonds is 3. The molecule has 1 saturated heterocycles. The zero-order valence-electron chi connectivity index (χ0n) is 15.1. The smallest absolute Gasteiger partial charge is 0.174 e. The Hall–Kier alpha value is -0.880. The second-order valence-electron chi connectivity index (χ2n) is 7.90. The Labute approximate surface area is 163 Å². The molecule has 1 spiro atoms. The van der Waals surface area contributed by atoms with E-state index in [2.05, 4.69) is 43.8 Å². The van der Waals surface area contributed by atoms with E-state index in [1.807, 2.05) is 23.1 Å². The van der Waals surface area contributed by atoms with Gasteiger partial charge in [0.2, 0.25) is 0 Å². The molecule has 0 unspecified atom stereocenters. The minimum absolute atomic E-state index is 0.0118. The summed E-state index contributed by atoms with van der Waals surface area (Å²) >= 11 is 3.81. The molecule has 3 aliphatic rings. The van der Waals surface area contributed by atoms with Crippen molar-refractivity contribution in [2.24, 2.45) is 17.3 Å². The van der Waals surface area contributed by atoms with E-state index in [1.165, 1.54) is 21.9 Å². The molecular weight excluding hydrogens is 362 g/mol. The third-order valence-electron chi connectivity index (χ3n) is 6.92. The molecule has 1 aliphatic heterocycles. The van der Waals surface area contributed by atoms with Gasteiger partial charge in [-0.3, -0.25) is 0 Å². The molecule has 5 heteroatoms. The number of nitrogens with zero attached hydrogens (tertiary/aromatic N) is 1. The predicted octanol–water partition coefficient (Wildman–Crippen LogP) is 5.51. The summed E-state index contributed by atoms with van der Waals surface area (Å²) in [6.45, 7) is 7.99.